The van der Waals surface area contributed by atoms with Crippen LogP contribution in [-0.2, 0) is 65.5 Å². The quantitative estimate of drug-likeness (QED) is 0.0122. The number of nitrogens with zero attached hydrogens (tertiary/aromatic N) is 2. The maximum atomic E-state index is 13.3. The lowest BCUT2D eigenvalue weighted by Crippen LogP contribution is -2.51. The van der Waals surface area contributed by atoms with E-state index < -0.39 is 104 Å². The van der Waals surface area contributed by atoms with E-state index in [1.165, 1.54) is 22.7 Å². The van der Waals surface area contributed by atoms with Crippen LogP contribution in [0.4, 0.5) is 0 Å². The number of nitrogens with one attached hydrogen (secondary N) is 6. The molecule has 4 atom stereocenters. The van der Waals surface area contributed by atoms with E-state index in [0.29, 0.717) is 16.2 Å². The number of aliphatic imine (C=N–C) groups is 2. The summed E-state index contributed by atoms with van der Waals surface area (Å²) >= 11 is 5.87. The fraction of sp³-hybridized carbons (Fsp3) is 0.364. The Bertz CT molecular complexity index is 2710. The third-order valence-corrected chi connectivity index (χ3v) is 14.9. The van der Waals surface area contributed by atoms with Crippen LogP contribution in [0.1, 0.15) is 41.9 Å². The molecule has 0 radical (unpaired) electrons. The number of hydrogen-bond acceptors (Lipinski definition) is 17. The number of hydrogen-bond donors (Lipinski definition) is 13. The van der Waals surface area contributed by atoms with Gasteiger partial charge in [0.2, 0.25) is 35.4 Å². The Labute approximate surface area is 437 Å². The first-order valence-electron chi connectivity index (χ1n) is 22.2. The smallest absolute Gasteiger partial charge is 0.329 e. The number of rotatable bonds is 32. The van der Waals surface area contributed by atoms with E-state index in [4.69, 9.17) is 28.0 Å². The van der Waals surface area contributed by atoms with Gasteiger partial charge in [-0.3, -0.25) is 48.3 Å². The van der Waals surface area contributed by atoms with Crippen LogP contribution in [-0.4, -0.2) is 144 Å². The largest absolute Gasteiger partial charge is 0.481 e. The predicted octanol–water partition coefficient (Wildman–Crippen LogP) is -0.886. The molecule has 0 fully saturated rings. The highest BCUT2D eigenvalue weighted by molar-refractivity contribution is 7.28. The zero-order valence-corrected chi connectivity index (χ0v) is 42.4. The molecule has 17 N–H and O–H groups in total. The molecule has 398 valence electrons. The van der Waals surface area contributed by atoms with Gasteiger partial charge in [-0.15, -0.1) is 45.3 Å². The number of carboxylic acid groups (broad SMARTS) is 3. The SMILES string of the molecule is NC(N)=NCCC[C@H](NC(=O)Cc1ccc(-c2ccc(-c3ccc(-c4ccc(CC(=O)N[C@@H](CCCN=C(N)N)C(=O)NCC(=O)N[C@@H](CC(=O)O)C(=O)O)s4)s3)s2)s1)C(=O)NCC(=O)N[C@@H](COC=O)C(=O)O. The van der Waals surface area contributed by atoms with Gasteiger partial charge in [0.1, 0.15) is 24.7 Å². The molecular weight excluding hydrogens is 1050 g/mol. The number of carbonyl (C=O) groups is 10. The number of carbonyl (C=O) groups excluding carboxylic acids is 7. The molecule has 0 aliphatic carbocycles. The van der Waals surface area contributed by atoms with Crippen molar-refractivity contribution in [2.24, 2.45) is 32.9 Å². The lowest BCUT2D eigenvalue weighted by molar-refractivity contribution is -0.147. The maximum absolute atomic E-state index is 13.3. The number of thiophene rings is 4. The van der Waals surface area contributed by atoms with Crippen molar-refractivity contribution in [2.45, 2.75) is 69.1 Å². The number of nitrogens with two attached hydrogens (primary N) is 4. The van der Waals surface area contributed by atoms with Gasteiger partial charge in [-0.05, 0) is 74.2 Å². The van der Waals surface area contributed by atoms with Gasteiger partial charge in [0.25, 0.3) is 6.47 Å². The van der Waals surface area contributed by atoms with Crippen LogP contribution >= 0.6 is 45.3 Å². The molecule has 0 aromatic carbocycles. The topological polar surface area (TPSA) is 442 Å². The monoisotopic (exact) mass is 1100 g/mol. The molecule has 0 spiro atoms. The first-order chi connectivity index (χ1) is 35.2. The summed E-state index contributed by atoms with van der Waals surface area (Å²) in [5.74, 6) is -9.04. The van der Waals surface area contributed by atoms with Gasteiger partial charge in [-0.25, -0.2) is 9.59 Å². The minimum absolute atomic E-state index is 0.0305. The molecule has 4 aromatic rings. The van der Waals surface area contributed by atoms with Crippen molar-refractivity contribution in [3.63, 3.8) is 0 Å². The van der Waals surface area contributed by atoms with E-state index in [0.717, 1.165) is 29.3 Å². The third-order valence-electron chi connectivity index (χ3n) is 9.95. The number of ether oxygens (including phenoxy) is 1. The van der Waals surface area contributed by atoms with Crippen molar-refractivity contribution >= 4 is 117 Å². The summed E-state index contributed by atoms with van der Waals surface area (Å²) in [7, 11) is 0. The Hall–Kier alpha value is -7.96. The second kappa shape index (κ2) is 29.5. The minimum atomic E-state index is -1.72. The molecule has 0 unspecified atom stereocenters. The average molecular weight is 1100 g/mol. The van der Waals surface area contributed by atoms with Gasteiger partial charge < -0.3 is 74.9 Å². The number of amides is 6. The standard InChI is InChI=1S/C44H54N12O14S4/c45-43(46)49-13-1-3-24(39(64)51-18-36(60)55-26(41(66)67)17-38(62)63)53-34(58)15-22-5-7-28(71-22)30-9-11-32(73-30)33-12-10-31(74-33)29-8-6-23(72-29)16-35(59)54-25(4-2-14-50-44(47)48)40(65)52-19-37(61)56-27(42(68)69)20-70-21-57/h5-12,21,24-27H,1-4,13-20H2,(H,51,64)(H,52,65)(H,53,58)(H,54,59)(H,55,60)(H,56,61)(H,62,63)(H,66,67)(H,68,69)(H4,45,46,49)(H4,47,48,50)/t24-,25-,26-,27-/m0/s1. The van der Waals surface area contributed by atoms with Crippen molar-refractivity contribution in [3.8, 4) is 29.3 Å². The molecule has 74 heavy (non-hydrogen) atoms. The summed E-state index contributed by atoms with van der Waals surface area (Å²) in [6, 6.07) is 9.81. The zero-order chi connectivity index (χ0) is 54.3. The fourth-order valence-electron chi connectivity index (χ4n) is 6.52. The third kappa shape index (κ3) is 20.3. The van der Waals surface area contributed by atoms with Crippen LogP contribution in [0.15, 0.2) is 58.5 Å². The second-order valence-electron chi connectivity index (χ2n) is 15.7. The fourth-order valence-corrected chi connectivity index (χ4v) is 10.8. The summed E-state index contributed by atoms with van der Waals surface area (Å²) in [5, 5.41) is 41.6. The Morgan fingerprint density at radius 2 is 0.892 bits per heavy atom. The summed E-state index contributed by atoms with van der Waals surface area (Å²) in [5.41, 5.74) is 21.6. The first kappa shape index (κ1) is 58.6. The molecule has 0 bridgehead atoms. The summed E-state index contributed by atoms with van der Waals surface area (Å²) in [6.07, 6.45) is -0.266. The molecule has 0 saturated heterocycles. The van der Waals surface area contributed by atoms with Crippen LogP contribution in [0.25, 0.3) is 29.3 Å². The number of carboxylic acids is 3. The highest BCUT2D eigenvalue weighted by Crippen LogP contribution is 2.43. The number of aliphatic carboxylic acids is 3. The second-order valence-corrected chi connectivity index (χ2v) is 20.2. The van der Waals surface area contributed by atoms with E-state index in [1.54, 1.807) is 34.8 Å². The van der Waals surface area contributed by atoms with Crippen molar-refractivity contribution < 1.29 is 68.0 Å². The summed E-state index contributed by atoms with van der Waals surface area (Å²) in [6.45, 7) is -1.60. The molecule has 4 aromatic heterocycles. The lowest BCUT2D eigenvalue weighted by atomic mass is 10.1. The van der Waals surface area contributed by atoms with E-state index in [9.17, 15) is 58.2 Å². The van der Waals surface area contributed by atoms with Gasteiger partial charge in [-0.2, -0.15) is 0 Å². The van der Waals surface area contributed by atoms with Gasteiger partial charge in [0, 0.05) is 52.1 Å². The Morgan fingerprint density at radius 1 is 0.527 bits per heavy atom. The van der Waals surface area contributed by atoms with Crippen LogP contribution in [0.5, 0.6) is 0 Å². The highest BCUT2D eigenvalue weighted by Gasteiger charge is 2.27. The van der Waals surface area contributed by atoms with Gasteiger partial charge >= 0.3 is 17.9 Å². The van der Waals surface area contributed by atoms with E-state index in [-0.39, 0.29) is 63.6 Å². The molecule has 0 saturated carbocycles. The highest BCUT2D eigenvalue weighted by atomic mass is 32.1. The molecule has 26 nitrogen and oxygen atoms in total. The van der Waals surface area contributed by atoms with Crippen LogP contribution < -0.4 is 54.8 Å². The van der Waals surface area contributed by atoms with Crippen molar-refractivity contribution in [2.75, 3.05) is 32.8 Å². The van der Waals surface area contributed by atoms with Crippen LogP contribution in [0.3, 0.4) is 0 Å². The summed E-state index contributed by atoms with van der Waals surface area (Å²) < 4.78 is 4.42. The Kier molecular flexibility index (Phi) is 23.4. The molecule has 6 amide bonds. The molecule has 30 heteroatoms. The maximum Gasteiger partial charge on any atom is 0.329 e. The molecule has 4 rings (SSSR count). The zero-order valence-electron chi connectivity index (χ0n) is 39.2. The lowest BCUT2D eigenvalue weighted by Gasteiger charge is -2.19. The molecule has 0 aliphatic heterocycles. The van der Waals surface area contributed by atoms with E-state index in [1.807, 2.05) is 41.7 Å². The van der Waals surface area contributed by atoms with Crippen LogP contribution in [0.2, 0.25) is 0 Å². The van der Waals surface area contributed by atoms with Crippen LogP contribution in [0, 0.1) is 0 Å². The van der Waals surface area contributed by atoms with Crippen molar-refractivity contribution in [3.05, 3.63) is 58.3 Å². The first-order valence-corrected chi connectivity index (χ1v) is 25.4. The van der Waals surface area contributed by atoms with E-state index >= 15 is 0 Å². The number of guanidine groups is 2. The molecule has 4 heterocycles. The Balaban J connectivity index is 1.34. The average Bonchev–Trinajstić information content (AvgIpc) is 4.18. The van der Waals surface area contributed by atoms with Gasteiger partial charge in [0.15, 0.2) is 18.0 Å². The normalized spacial score (nSPS) is 12.3. The van der Waals surface area contributed by atoms with Crippen molar-refractivity contribution in [1.29, 1.82) is 0 Å². The molecular formula is C44H54N12O14S4. The van der Waals surface area contributed by atoms with E-state index in [2.05, 4.69) is 41.3 Å². The summed E-state index contributed by atoms with van der Waals surface area (Å²) in [4.78, 5) is 136. The molecule has 0 aliphatic rings. The Morgan fingerprint density at radius 3 is 1.26 bits per heavy atom. The minimum Gasteiger partial charge on any atom is -0.481 e. The predicted molar refractivity (Wildman–Crippen MR) is 275 cm³/mol. The van der Waals surface area contributed by atoms with Gasteiger partial charge in [-0.1, -0.05) is 0 Å². The van der Waals surface area contributed by atoms with Gasteiger partial charge in [0.05, 0.1) is 32.4 Å². The van der Waals surface area contributed by atoms with Crippen molar-refractivity contribution in [1.82, 2.24) is 31.9 Å².